The number of carbonyl (C=O) groups is 1. The van der Waals surface area contributed by atoms with Gasteiger partial charge in [-0.25, -0.2) is 22.9 Å². The van der Waals surface area contributed by atoms with Crippen LogP contribution in [0.5, 0.6) is 5.75 Å². The smallest absolute Gasteiger partial charge is 0.372 e. The molecule has 2 atom stereocenters. The first-order chi connectivity index (χ1) is 13.1. The van der Waals surface area contributed by atoms with Crippen LogP contribution in [-0.4, -0.2) is 40.2 Å². The Morgan fingerprint density at radius 2 is 2.21 bits per heavy atom. The van der Waals surface area contributed by atoms with Gasteiger partial charge in [-0.2, -0.15) is 0 Å². The molecule has 3 N–H and O–H groups in total. The van der Waals surface area contributed by atoms with Gasteiger partial charge >= 0.3 is 5.97 Å². The van der Waals surface area contributed by atoms with Gasteiger partial charge in [0.25, 0.3) is 0 Å². The van der Waals surface area contributed by atoms with E-state index in [4.69, 9.17) is 11.6 Å². The molecule has 1 unspecified atom stereocenters. The summed E-state index contributed by atoms with van der Waals surface area (Å²) in [5.41, 5.74) is -0.547. The molecule has 0 saturated heterocycles. The Morgan fingerprint density at radius 3 is 2.86 bits per heavy atom. The number of carboxylic acid groups (broad SMARTS) is 1. The number of aromatic carboxylic acids is 1. The average Bonchev–Trinajstić information content (AvgIpc) is 3.25. The zero-order valence-electron chi connectivity index (χ0n) is 14.9. The lowest BCUT2D eigenvalue weighted by molar-refractivity contribution is 0.0665. The van der Waals surface area contributed by atoms with Gasteiger partial charge in [-0.15, -0.1) is 0 Å². The number of aromatic nitrogens is 2. The van der Waals surface area contributed by atoms with Crippen LogP contribution in [0.4, 0.5) is 0 Å². The van der Waals surface area contributed by atoms with Gasteiger partial charge in [0.15, 0.2) is 5.75 Å². The minimum atomic E-state index is -4.03. The van der Waals surface area contributed by atoms with E-state index in [-0.39, 0.29) is 15.7 Å². The molecule has 152 valence electrons. The minimum absolute atomic E-state index is 0.0678. The van der Waals surface area contributed by atoms with Crippen molar-refractivity contribution in [3.05, 3.63) is 39.8 Å². The van der Waals surface area contributed by atoms with Crippen LogP contribution >= 0.6 is 27.5 Å². The number of phenols is 1. The average molecular weight is 493 g/mol. The molecule has 8 nitrogen and oxygen atoms in total. The fourth-order valence-electron chi connectivity index (χ4n) is 3.79. The number of hydrogen-bond donors (Lipinski definition) is 3. The van der Waals surface area contributed by atoms with Crippen LogP contribution in [0.3, 0.4) is 0 Å². The third-order valence-corrected chi connectivity index (χ3v) is 7.47. The first kappa shape index (κ1) is 21.1. The number of nitrogens with one attached hydrogen (secondary N) is 1. The standard InChI is InChI=1S/C17H19BrClN3O5S/c1-2-17(22-6-5-20-15(22)16(24)25)4-3-11(9-17)21-28(26,27)13-8-10(18)7-12(19)14(13)23/h5-8,11,21,23H,2-4,9H2,1H3,(H,24,25)/t11-,17?/m0/s1. The molecule has 1 saturated carbocycles. The largest absolute Gasteiger partial charge is 0.505 e. The van der Waals surface area contributed by atoms with E-state index in [0.29, 0.717) is 30.2 Å². The van der Waals surface area contributed by atoms with Crippen molar-refractivity contribution in [2.45, 2.75) is 49.1 Å². The third-order valence-electron chi connectivity index (χ3n) is 5.19. The summed E-state index contributed by atoms with van der Waals surface area (Å²) < 4.78 is 30.3. The zero-order valence-corrected chi connectivity index (χ0v) is 18.1. The second kappa shape index (κ2) is 7.66. The zero-order chi connectivity index (χ0) is 20.7. The molecule has 0 amide bonds. The normalized spacial score (nSPS) is 22.5. The number of rotatable bonds is 6. The van der Waals surface area contributed by atoms with E-state index in [9.17, 15) is 23.4 Å². The van der Waals surface area contributed by atoms with Crippen molar-refractivity contribution >= 4 is 43.5 Å². The molecule has 0 spiro atoms. The maximum absolute atomic E-state index is 12.8. The quantitative estimate of drug-likeness (QED) is 0.568. The Hall–Kier alpha value is -1.62. The number of nitrogens with zero attached hydrogens (tertiary/aromatic N) is 2. The fourth-order valence-corrected chi connectivity index (χ4v) is 6.22. The Bertz CT molecular complexity index is 1030. The van der Waals surface area contributed by atoms with Crippen molar-refractivity contribution in [3.8, 4) is 5.75 Å². The molecule has 28 heavy (non-hydrogen) atoms. The molecule has 0 bridgehead atoms. The van der Waals surface area contributed by atoms with Crippen molar-refractivity contribution < 1.29 is 23.4 Å². The van der Waals surface area contributed by atoms with Gasteiger partial charge in [-0.3, -0.25) is 0 Å². The van der Waals surface area contributed by atoms with E-state index in [2.05, 4.69) is 25.6 Å². The summed E-state index contributed by atoms with van der Waals surface area (Å²) in [6.45, 7) is 1.93. The van der Waals surface area contributed by atoms with Crippen LogP contribution in [0.15, 0.2) is 33.9 Å². The summed E-state index contributed by atoms with van der Waals surface area (Å²) in [7, 11) is -4.03. The van der Waals surface area contributed by atoms with Gasteiger partial charge in [-0.1, -0.05) is 34.5 Å². The topological polar surface area (TPSA) is 122 Å². The van der Waals surface area contributed by atoms with Crippen molar-refractivity contribution in [2.75, 3.05) is 0 Å². The van der Waals surface area contributed by atoms with Crippen molar-refractivity contribution in [1.82, 2.24) is 14.3 Å². The van der Waals surface area contributed by atoms with Crippen molar-refractivity contribution in [1.29, 1.82) is 0 Å². The monoisotopic (exact) mass is 491 g/mol. The molecule has 1 aromatic heterocycles. The first-order valence-corrected chi connectivity index (χ1v) is 11.2. The summed E-state index contributed by atoms with van der Waals surface area (Å²) in [5.74, 6) is -1.71. The minimum Gasteiger partial charge on any atom is -0.505 e. The van der Waals surface area contributed by atoms with Crippen LogP contribution in [0.25, 0.3) is 0 Å². The number of sulfonamides is 1. The second-order valence-corrected chi connectivity index (χ2v) is 9.80. The number of phenolic OH excluding ortho intramolecular Hbond substituents is 1. The van der Waals surface area contributed by atoms with Crippen LogP contribution < -0.4 is 4.72 Å². The van der Waals surface area contributed by atoms with E-state index in [1.807, 2.05) is 6.92 Å². The van der Waals surface area contributed by atoms with Gasteiger partial charge in [0.05, 0.1) is 5.02 Å². The number of imidazole rings is 1. The highest BCUT2D eigenvalue weighted by molar-refractivity contribution is 9.10. The Balaban J connectivity index is 1.87. The second-order valence-electron chi connectivity index (χ2n) is 6.80. The molecule has 0 aliphatic heterocycles. The van der Waals surface area contributed by atoms with E-state index in [1.54, 1.807) is 10.8 Å². The van der Waals surface area contributed by atoms with Crippen LogP contribution in [0, 0.1) is 0 Å². The van der Waals surface area contributed by atoms with Crippen LogP contribution in [0.1, 0.15) is 43.2 Å². The molecule has 1 aromatic carbocycles. The number of carboxylic acids is 1. The van der Waals surface area contributed by atoms with E-state index >= 15 is 0 Å². The van der Waals surface area contributed by atoms with Crippen molar-refractivity contribution in [2.24, 2.45) is 0 Å². The Morgan fingerprint density at radius 1 is 1.50 bits per heavy atom. The predicted octanol–water partition coefficient (Wildman–Crippen LogP) is 3.34. The molecular formula is C17H19BrClN3O5S. The third kappa shape index (κ3) is 3.78. The van der Waals surface area contributed by atoms with Gasteiger partial charge < -0.3 is 14.8 Å². The molecule has 0 radical (unpaired) electrons. The summed E-state index contributed by atoms with van der Waals surface area (Å²) in [6, 6.07) is 2.26. The lowest BCUT2D eigenvalue weighted by atomic mass is 9.93. The van der Waals surface area contributed by atoms with Gasteiger partial charge in [-0.05, 0) is 37.8 Å². The molecule has 2 aromatic rings. The lowest BCUT2D eigenvalue weighted by Crippen LogP contribution is -2.37. The SMILES string of the molecule is CCC1(n2ccnc2C(=O)O)CC[C@H](NS(=O)(=O)c2cc(Br)cc(Cl)c2O)C1. The van der Waals surface area contributed by atoms with Gasteiger partial charge in [0.1, 0.15) is 4.90 Å². The fraction of sp³-hybridized carbons (Fsp3) is 0.412. The summed E-state index contributed by atoms with van der Waals surface area (Å²) in [6.07, 6.45) is 5.19. The summed E-state index contributed by atoms with van der Waals surface area (Å²) in [4.78, 5) is 15.0. The van der Waals surface area contributed by atoms with E-state index in [1.165, 1.54) is 18.3 Å². The maximum atomic E-state index is 12.8. The molecule has 1 aliphatic carbocycles. The molecule has 1 fully saturated rings. The number of halogens is 2. The number of benzene rings is 1. The van der Waals surface area contributed by atoms with Gasteiger partial charge in [0.2, 0.25) is 15.8 Å². The number of hydrogen-bond acceptors (Lipinski definition) is 5. The highest BCUT2D eigenvalue weighted by atomic mass is 79.9. The maximum Gasteiger partial charge on any atom is 0.372 e. The van der Waals surface area contributed by atoms with Crippen LogP contribution in [0.2, 0.25) is 5.02 Å². The Labute approximate surface area is 175 Å². The highest BCUT2D eigenvalue weighted by Crippen LogP contribution is 2.41. The Kier molecular flexibility index (Phi) is 5.77. The van der Waals surface area contributed by atoms with E-state index < -0.39 is 33.3 Å². The van der Waals surface area contributed by atoms with Crippen molar-refractivity contribution in [3.63, 3.8) is 0 Å². The number of aromatic hydroxyl groups is 1. The molecule has 3 rings (SSSR count). The molecule has 1 aliphatic rings. The van der Waals surface area contributed by atoms with Crippen LogP contribution in [-0.2, 0) is 15.6 Å². The predicted molar refractivity (Wildman–Crippen MR) is 106 cm³/mol. The van der Waals surface area contributed by atoms with E-state index in [0.717, 1.165) is 0 Å². The summed E-state index contributed by atoms with van der Waals surface area (Å²) in [5, 5.41) is 19.4. The first-order valence-electron chi connectivity index (χ1n) is 8.57. The lowest BCUT2D eigenvalue weighted by Gasteiger charge is -2.31. The molecular weight excluding hydrogens is 474 g/mol. The van der Waals surface area contributed by atoms with Gasteiger partial charge in [0, 0.05) is 28.4 Å². The summed E-state index contributed by atoms with van der Waals surface area (Å²) >= 11 is 9.06. The molecule has 11 heteroatoms. The highest BCUT2D eigenvalue weighted by Gasteiger charge is 2.42. The molecule has 1 heterocycles.